The van der Waals surface area contributed by atoms with E-state index in [0.717, 1.165) is 5.75 Å². The van der Waals surface area contributed by atoms with Crippen LogP contribution in [0.2, 0.25) is 0 Å². The molecule has 2 heteroatoms. The molecule has 12 heavy (non-hydrogen) atoms. The number of hydrogen-bond acceptors (Lipinski definition) is 1. The number of benzene rings is 1. The fourth-order valence-corrected chi connectivity index (χ4v) is 0.907. The van der Waals surface area contributed by atoms with Crippen molar-refractivity contribution >= 4 is 6.08 Å². The molecule has 0 spiro atoms. The van der Waals surface area contributed by atoms with E-state index in [2.05, 4.69) is 6.08 Å². The van der Waals surface area contributed by atoms with E-state index in [9.17, 15) is 0 Å². The summed E-state index contributed by atoms with van der Waals surface area (Å²) in [7, 11) is 1.67. The zero-order chi connectivity index (χ0) is 8.10. The van der Waals surface area contributed by atoms with Crippen LogP contribution in [0.15, 0.2) is 30.3 Å². The molecule has 0 heterocycles. The van der Waals surface area contributed by atoms with Gasteiger partial charge in [-0.3, -0.25) is 0 Å². The monoisotopic (exact) mass is 172 g/mol. The molecule has 1 rings (SSSR count). The molecule has 0 radical (unpaired) electrons. The molecule has 0 atom stereocenters. The molecule has 0 fully saturated rings. The standard InChI is InChI=1S/C10H12O.Na.H/c1-3-4-9-5-7-10(11-2)8-6-9;;/h3-8H,1-2H3;;/q;+1;-1/b4-3+;;. The molecular weight excluding hydrogens is 159 g/mol. The van der Waals surface area contributed by atoms with Crippen molar-refractivity contribution < 1.29 is 35.7 Å². The summed E-state index contributed by atoms with van der Waals surface area (Å²) in [5, 5.41) is 0. The summed E-state index contributed by atoms with van der Waals surface area (Å²) in [6.45, 7) is 2.00. The molecule has 0 bridgehead atoms. The topological polar surface area (TPSA) is 9.23 Å². The minimum Gasteiger partial charge on any atom is -1.00 e. The van der Waals surface area contributed by atoms with Crippen molar-refractivity contribution in [2.45, 2.75) is 6.92 Å². The van der Waals surface area contributed by atoms with Gasteiger partial charge in [-0.1, -0.05) is 24.3 Å². The van der Waals surface area contributed by atoms with Crippen LogP contribution in [0.25, 0.3) is 6.08 Å². The minimum absolute atomic E-state index is 0. The number of hydrogen-bond donors (Lipinski definition) is 0. The van der Waals surface area contributed by atoms with Gasteiger partial charge >= 0.3 is 29.6 Å². The maximum Gasteiger partial charge on any atom is 1.00 e. The van der Waals surface area contributed by atoms with Gasteiger partial charge in [0.2, 0.25) is 0 Å². The fraction of sp³-hybridized carbons (Fsp3) is 0.200. The Labute approximate surface area is 97.2 Å². The maximum atomic E-state index is 5.02. The molecule has 1 nitrogen and oxygen atoms in total. The van der Waals surface area contributed by atoms with Crippen molar-refractivity contribution in [3.8, 4) is 5.75 Å². The van der Waals surface area contributed by atoms with Crippen molar-refractivity contribution in [2.24, 2.45) is 0 Å². The molecule has 0 saturated carbocycles. The van der Waals surface area contributed by atoms with E-state index in [1.807, 2.05) is 37.3 Å². The van der Waals surface area contributed by atoms with E-state index in [0.29, 0.717) is 0 Å². The first kappa shape index (κ1) is 11.8. The zero-order valence-corrected chi connectivity index (χ0v) is 9.87. The van der Waals surface area contributed by atoms with Gasteiger partial charge < -0.3 is 6.16 Å². The normalized spacial score (nSPS) is 9.50. The third-order valence-corrected chi connectivity index (χ3v) is 1.47. The van der Waals surface area contributed by atoms with E-state index in [1.165, 1.54) is 5.56 Å². The van der Waals surface area contributed by atoms with Gasteiger partial charge in [0.15, 0.2) is 0 Å². The largest absolute Gasteiger partial charge is 1.00 e. The maximum absolute atomic E-state index is 5.02. The summed E-state index contributed by atoms with van der Waals surface area (Å²) < 4.78 is 5.02. The van der Waals surface area contributed by atoms with Crippen molar-refractivity contribution in [1.82, 2.24) is 0 Å². The summed E-state index contributed by atoms with van der Waals surface area (Å²) in [5.41, 5.74) is 1.20. The van der Waals surface area contributed by atoms with Gasteiger partial charge in [0, 0.05) is 0 Å². The predicted octanol–water partition coefficient (Wildman–Crippen LogP) is -0.155. The van der Waals surface area contributed by atoms with Crippen molar-refractivity contribution in [2.75, 3.05) is 7.11 Å². The molecule has 0 aromatic heterocycles. The number of allylic oxidation sites excluding steroid dienone is 1. The molecule has 0 aliphatic heterocycles. The molecule has 60 valence electrons. The Morgan fingerprint density at radius 2 is 1.83 bits per heavy atom. The Hall–Kier alpha value is -0.240. The molecule has 0 aliphatic carbocycles. The van der Waals surface area contributed by atoms with Gasteiger partial charge in [-0.25, -0.2) is 0 Å². The summed E-state index contributed by atoms with van der Waals surface area (Å²) in [6.07, 6.45) is 4.07. The molecule has 0 unspecified atom stereocenters. The average Bonchev–Trinajstić information content (AvgIpc) is 2.07. The smallest absolute Gasteiger partial charge is 1.00 e. The van der Waals surface area contributed by atoms with Gasteiger partial charge in [-0.15, -0.1) is 0 Å². The predicted molar refractivity (Wildman–Crippen MR) is 48.8 cm³/mol. The SMILES string of the molecule is C/C=C/c1ccc(OC)cc1.[H-].[Na+]. The quantitative estimate of drug-likeness (QED) is 0.563. The van der Waals surface area contributed by atoms with Gasteiger partial charge in [-0.05, 0) is 24.6 Å². The van der Waals surface area contributed by atoms with Crippen LogP contribution in [0.1, 0.15) is 13.9 Å². The second kappa shape index (κ2) is 6.30. The molecule has 1 aromatic carbocycles. The van der Waals surface area contributed by atoms with Crippen LogP contribution >= 0.6 is 0 Å². The van der Waals surface area contributed by atoms with Crippen LogP contribution in [-0.2, 0) is 0 Å². The molecule has 0 N–H and O–H groups in total. The Morgan fingerprint density at radius 1 is 1.25 bits per heavy atom. The van der Waals surface area contributed by atoms with Gasteiger partial charge in [-0.2, -0.15) is 0 Å². The summed E-state index contributed by atoms with van der Waals surface area (Å²) >= 11 is 0. The summed E-state index contributed by atoms with van der Waals surface area (Å²) in [6, 6.07) is 7.96. The number of rotatable bonds is 2. The van der Waals surface area contributed by atoms with Crippen LogP contribution in [0.4, 0.5) is 0 Å². The van der Waals surface area contributed by atoms with Gasteiger partial charge in [0.25, 0.3) is 0 Å². The molecule has 0 aliphatic rings. The molecular formula is C10H13NaO. The van der Waals surface area contributed by atoms with E-state index in [1.54, 1.807) is 7.11 Å². The second-order valence-corrected chi connectivity index (χ2v) is 2.27. The van der Waals surface area contributed by atoms with Crippen LogP contribution in [0.5, 0.6) is 5.75 Å². The van der Waals surface area contributed by atoms with Crippen molar-refractivity contribution in [3.63, 3.8) is 0 Å². The first-order valence-corrected chi connectivity index (χ1v) is 3.63. The van der Waals surface area contributed by atoms with E-state index in [-0.39, 0.29) is 31.0 Å². The number of methoxy groups -OCH3 is 1. The third kappa shape index (κ3) is 3.44. The molecule has 0 saturated heterocycles. The Bertz CT molecular complexity index is 244. The molecule has 0 amide bonds. The van der Waals surface area contributed by atoms with E-state index in [4.69, 9.17) is 4.74 Å². The fourth-order valence-electron chi connectivity index (χ4n) is 0.907. The minimum atomic E-state index is 0. The molecule has 1 aromatic rings. The van der Waals surface area contributed by atoms with Crippen LogP contribution < -0.4 is 34.3 Å². The Kier molecular flexibility index (Phi) is 6.17. The van der Waals surface area contributed by atoms with Gasteiger partial charge in [0.05, 0.1) is 7.11 Å². The van der Waals surface area contributed by atoms with Crippen LogP contribution in [0, 0.1) is 0 Å². The van der Waals surface area contributed by atoms with Crippen LogP contribution in [-0.4, -0.2) is 7.11 Å². The van der Waals surface area contributed by atoms with Crippen molar-refractivity contribution in [3.05, 3.63) is 35.9 Å². The van der Waals surface area contributed by atoms with Crippen molar-refractivity contribution in [1.29, 1.82) is 0 Å². The van der Waals surface area contributed by atoms with E-state index >= 15 is 0 Å². The third-order valence-electron chi connectivity index (χ3n) is 1.47. The average molecular weight is 172 g/mol. The zero-order valence-electron chi connectivity index (χ0n) is 8.87. The summed E-state index contributed by atoms with van der Waals surface area (Å²) in [5.74, 6) is 0.901. The summed E-state index contributed by atoms with van der Waals surface area (Å²) in [4.78, 5) is 0. The first-order valence-electron chi connectivity index (χ1n) is 3.63. The Morgan fingerprint density at radius 3 is 2.25 bits per heavy atom. The Balaban J connectivity index is 0. The first-order chi connectivity index (χ1) is 5.36. The number of ether oxygens (including phenoxy) is 1. The van der Waals surface area contributed by atoms with E-state index < -0.39 is 0 Å². The second-order valence-electron chi connectivity index (χ2n) is 2.27. The van der Waals surface area contributed by atoms with Crippen LogP contribution in [0.3, 0.4) is 0 Å². The van der Waals surface area contributed by atoms with Gasteiger partial charge in [0.1, 0.15) is 5.75 Å².